The molecule has 0 aliphatic carbocycles. The van der Waals surface area contributed by atoms with E-state index in [2.05, 4.69) is 5.32 Å². The van der Waals surface area contributed by atoms with E-state index in [0.717, 1.165) is 0 Å². The SMILES string of the molecule is C/C(=C/CP(C)(=O)O)NC(=O)OC(C)(C)C. The van der Waals surface area contributed by atoms with Crippen molar-refractivity contribution in [3.05, 3.63) is 11.8 Å². The van der Waals surface area contributed by atoms with Crippen LogP contribution in [0.15, 0.2) is 11.8 Å². The first kappa shape index (κ1) is 15.2. The first-order valence-corrected chi connectivity index (χ1v) is 7.25. The Labute approximate surface area is 96.3 Å². The summed E-state index contributed by atoms with van der Waals surface area (Å²) in [5.74, 6) is 0. The van der Waals surface area contributed by atoms with Crippen molar-refractivity contribution < 1.29 is 19.0 Å². The van der Waals surface area contributed by atoms with Gasteiger partial charge in [0.1, 0.15) is 5.60 Å². The molecule has 0 radical (unpaired) electrons. The zero-order valence-corrected chi connectivity index (χ0v) is 11.3. The smallest absolute Gasteiger partial charge is 0.411 e. The fourth-order valence-electron chi connectivity index (χ4n) is 0.822. The number of carbonyl (C=O) groups excluding carboxylic acids is 1. The van der Waals surface area contributed by atoms with Gasteiger partial charge in [-0.25, -0.2) is 4.79 Å². The molecule has 0 aromatic carbocycles. The molecule has 0 heterocycles. The summed E-state index contributed by atoms with van der Waals surface area (Å²) in [6.07, 6.45) is 0.976. The molecule has 2 N–H and O–H groups in total. The summed E-state index contributed by atoms with van der Waals surface area (Å²) < 4.78 is 16.0. The molecule has 0 bridgehead atoms. The van der Waals surface area contributed by atoms with Crippen molar-refractivity contribution in [3.8, 4) is 0 Å². The van der Waals surface area contributed by atoms with Gasteiger partial charge < -0.3 is 9.63 Å². The molecule has 0 aromatic rings. The highest BCUT2D eigenvalue weighted by Gasteiger charge is 2.16. The van der Waals surface area contributed by atoms with Crippen LogP contribution in [0.1, 0.15) is 27.7 Å². The predicted octanol–water partition coefficient (Wildman–Crippen LogP) is 2.32. The lowest BCUT2D eigenvalue weighted by atomic mass is 10.2. The van der Waals surface area contributed by atoms with Crippen LogP contribution in [0.25, 0.3) is 0 Å². The molecule has 5 nitrogen and oxygen atoms in total. The highest BCUT2D eigenvalue weighted by Crippen LogP contribution is 2.34. The summed E-state index contributed by atoms with van der Waals surface area (Å²) in [7, 11) is -3.07. The molecule has 1 amide bonds. The third-order valence-corrected chi connectivity index (χ3v) is 2.29. The third-order valence-electron chi connectivity index (χ3n) is 1.43. The van der Waals surface area contributed by atoms with Crippen molar-refractivity contribution in [2.45, 2.75) is 33.3 Å². The molecule has 94 valence electrons. The van der Waals surface area contributed by atoms with Crippen LogP contribution < -0.4 is 5.32 Å². The lowest BCUT2D eigenvalue weighted by Gasteiger charge is -2.19. The largest absolute Gasteiger partial charge is 0.444 e. The van der Waals surface area contributed by atoms with E-state index in [1.54, 1.807) is 27.7 Å². The summed E-state index contributed by atoms with van der Waals surface area (Å²) in [5.41, 5.74) is -0.0492. The van der Waals surface area contributed by atoms with Crippen molar-refractivity contribution in [1.29, 1.82) is 0 Å². The van der Waals surface area contributed by atoms with Gasteiger partial charge in [0, 0.05) is 18.5 Å². The molecular weight excluding hydrogens is 229 g/mol. The highest BCUT2D eigenvalue weighted by molar-refractivity contribution is 7.57. The molecule has 16 heavy (non-hydrogen) atoms. The van der Waals surface area contributed by atoms with E-state index in [1.165, 1.54) is 12.7 Å². The molecule has 6 heteroatoms. The van der Waals surface area contributed by atoms with Crippen LogP contribution in [0.2, 0.25) is 0 Å². The second kappa shape index (κ2) is 5.51. The predicted molar refractivity (Wildman–Crippen MR) is 63.7 cm³/mol. The highest BCUT2D eigenvalue weighted by atomic mass is 31.2. The van der Waals surface area contributed by atoms with Gasteiger partial charge in [-0.3, -0.25) is 9.88 Å². The van der Waals surface area contributed by atoms with Crippen LogP contribution in [0.3, 0.4) is 0 Å². The molecule has 1 unspecified atom stereocenters. The zero-order chi connectivity index (χ0) is 13.0. The topological polar surface area (TPSA) is 75.6 Å². The Hall–Kier alpha value is -0.800. The summed E-state index contributed by atoms with van der Waals surface area (Å²) in [4.78, 5) is 20.3. The minimum Gasteiger partial charge on any atom is -0.444 e. The lowest BCUT2D eigenvalue weighted by Crippen LogP contribution is -2.31. The number of carbonyl (C=O) groups is 1. The monoisotopic (exact) mass is 249 g/mol. The number of hydrogen-bond donors (Lipinski definition) is 2. The van der Waals surface area contributed by atoms with E-state index in [9.17, 15) is 9.36 Å². The molecule has 0 aliphatic rings. The van der Waals surface area contributed by atoms with E-state index in [1.807, 2.05) is 0 Å². The van der Waals surface area contributed by atoms with Crippen molar-refractivity contribution >= 4 is 13.5 Å². The van der Waals surface area contributed by atoms with Crippen molar-refractivity contribution in [2.24, 2.45) is 0 Å². The Kier molecular flexibility index (Phi) is 5.23. The van der Waals surface area contributed by atoms with E-state index in [-0.39, 0.29) is 6.16 Å². The first-order chi connectivity index (χ1) is 6.99. The standard InChI is InChI=1S/C10H20NO4P/c1-8(6-7-16(5,13)14)11-9(12)15-10(2,3)4/h6H,7H2,1-5H3,(H,11,12)(H,13,14)/b8-6-. The molecule has 0 saturated heterocycles. The molecular formula is C10H20NO4P. The third kappa shape index (κ3) is 9.74. The molecule has 0 rings (SSSR count). The first-order valence-electron chi connectivity index (χ1n) is 4.96. The summed E-state index contributed by atoms with van der Waals surface area (Å²) in [5, 5.41) is 2.48. The normalized spacial score (nSPS) is 16.5. The second-order valence-electron chi connectivity index (χ2n) is 4.75. The fraction of sp³-hybridized carbons (Fsp3) is 0.700. The summed E-state index contributed by atoms with van der Waals surface area (Å²) in [6, 6.07) is 0. The minimum absolute atomic E-state index is 0.0363. The van der Waals surface area contributed by atoms with Gasteiger partial charge >= 0.3 is 6.09 Å². The van der Waals surface area contributed by atoms with E-state index in [4.69, 9.17) is 9.63 Å². The minimum atomic E-state index is -3.07. The molecule has 0 saturated carbocycles. The van der Waals surface area contributed by atoms with Crippen LogP contribution in [-0.4, -0.2) is 29.4 Å². The van der Waals surface area contributed by atoms with E-state index in [0.29, 0.717) is 5.70 Å². The van der Waals surface area contributed by atoms with Gasteiger partial charge in [-0.1, -0.05) is 6.08 Å². The summed E-state index contributed by atoms with van der Waals surface area (Å²) >= 11 is 0. The maximum absolute atomic E-state index is 11.3. The van der Waals surface area contributed by atoms with Gasteiger partial charge in [0.05, 0.1) is 0 Å². The van der Waals surface area contributed by atoms with Gasteiger partial charge in [0.25, 0.3) is 0 Å². The average Bonchev–Trinajstić information content (AvgIpc) is 1.95. The van der Waals surface area contributed by atoms with Gasteiger partial charge in [-0.05, 0) is 27.7 Å². The molecule has 0 aliphatic heterocycles. The maximum atomic E-state index is 11.3. The number of ether oxygens (including phenoxy) is 1. The number of nitrogens with one attached hydrogen (secondary N) is 1. The Morgan fingerprint density at radius 2 is 2.00 bits per heavy atom. The molecule has 0 fully saturated rings. The van der Waals surface area contributed by atoms with Crippen molar-refractivity contribution in [3.63, 3.8) is 0 Å². The average molecular weight is 249 g/mol. The fourth-order valence-corrected chi connectivity index (χ4v) is 1.43. The van der Waals surface area contributed by atoms with Crippen LogP contribution in [0.5, 0.6) is 0 Å². The van der Waals surface area contributed by atoms with E-state index >= 15 is 0 Å². The van der Waals surface area contributed by atoms with Crippen LogP contribution >= 0.6 is 7.37 Å². The van der Waals surface area contributed by atoms with E-state index < -0.39 is 19.1 Å². The van der Waals surface area contributed by atoms with Gasteiger partial charge in [0.15, 0.2) is 0 Å². The van der Waals surface area contributed by atoms with Gasteiger partial charge in [-0.2, -0.15) is 0 Å². The number of rotatable bonds is 3. The van der Waals surface area contributed by atoms with Gasteiger partial charge in [-0.15, -0.1) is 0 Å². The quantitative estimate of drug-likeness (QED) is 0.752. The number of alkyl carbamates (subject to hydrolysis) is 1. The number of hydrogen-bond acceptors (Lipinski definition) is 3. The zero-order valence-electron chi connectivity index (χ0n) is 10.4. The Morgan fingerprint density at radius 3 is 2.38 bits per heavy atom. The number of amides is 1. The van der Waals surface area contributed by atoms with Crippen molar-refractivity contribution in [1.82, 2.24) is 5.32 Å². The Balaban J connectivity index is 4.20. The Morgan fingerprint density at radius 1 is 1.50 bits per heavy atom. The molecule has 0 spiro atoms. The second-order valence-corrected chi connectivity index (χ2v) is 7.21. The maximum Gasteiger partial charge on any atom is 0.411 e. The van der Waals surface area contributed by atoms with Crippen molar-refractivity contribution in [2.75, 3.05) is 12.8 Å². The van der Waals surface area contributed by atoms with Crippen LogP contribution in [0, 0.1) is 0 Å². The van der Waals surface area contributed by atoms with Crippen LogP contribution in [0.4, 0.5) is 4.79 Å². The molecule has 1 atom stereocenters. The van der Waals surface area contributed by atoms with Gasteiger partial charge in [0.2, 0.25) is 7.37 Å². The number of allylic oxidation sites excluding steroid dienone is 2. The Bertz CT molecular complexity index is 324. The van der Waals surface area contributed by atoms with Crippen LogP contribution in [-0.2, 0) is 9.30 Å². The summed E-state index contributed by atoms with van der Waals surface area (Å²) in [6.45, 7) is 8.20. The lowest BCUT2D eigenvalue weighted by molar-refractivity contribution is 0.0546. The molecule has 0 aromatic heterocycles.